The highest BCUT2D eigenvalue weighted by molar-refractivity contribution is 6.28. The number of aromatic hydroxyl groups is 1. The number of fused-ring (bicyclic) bond motifs is 5. The van der Waals surface area contributed by atoms with Crippen LogP contribution in [-0.4, -0.2) is 10.8 Å². The summed E-state index contributed by atoms with van der Waals surface area (Å²) in [6.45, 7) is 12.7. The Bertz CT molecular complexity index is 930. The molecule has 35 heavy (non-hydrogen) atoms. The maximum atomic E-state index is 6.15. The second-order valence-corrected chi connectivity index (χ2v) is 14.0. The molecule has 1 aromatic heterocycles. The van der Waals surface area contributed by atoms with E-state index in [9.17, 15) is 0 Å². The minimum absolute atomic E-state index is 0.355. The first-order valence-electron chi connectivity index (χ1n) is 14.7. The summed E-state index contributed by atoms with van der Waals surface area (Å²) in [7, 11) is 0. The zero-order valence-corrected chi connectivity index (χ0v) is 23.6. The quantitative estimate of drug-likeness (QED) is 0.209. The van der Waals surface area contributed by atoms with Gasteiger partial charge in [0.15, 0.2) is 12.3 Å². The topological polar surface area (TPSA) is 41.1 Å². The lowest BCUT2D eigenvalue weighted by atomic mass is 9.47. The molecule has 194 valence electrons. The van der Waals surface area contributed by atoms with Gasteiger partial charge in [0.2, 0.25) is 0 Å². The molecule has 0 radical (unpaired) electrons. The summed E-state index contributed by atoms with van der Waals surface area (Å²) in [6, 6.07) is 2.63. The maximum Gasteiger partial charge on any atom is 0.763 e. The van der Waals surface area contributed by atoms with E-state index < -0.39 is 0 Å². The van der Waals surface area contributed by atoms with Crippen molar-refractivity contribution in [1.29, 1.82) is 0 Å². The van der Waals surface area contributed by atoms with E-state index in [2.05, 4.69) is 50.7 Å². The van der Waals surface area contributed by atoms with Gasteiger partial charge in [-0.1, -0.05) is 75.5 Å². The second kappa shape index (κ2) is 9.99. The molecule has 0 spiro atoms. The number of halogens is 1. The smallest absolute Gasteiger partial charge is 0.478 e. The van der Waals surface area contributed by atoms with Crippen molar-refractivity contribution in [2.45, 2.75) is 111 Å². The monoisotopic (exact) mass is 501 g/mol. The molecular weight excluding hydrogens is 452 g/mol. The SMILES string of the molecule is CC(C)CCCC(C)[C@H]1CCC2C3CC=C4C[C@@H]([OH+]c5[nH+]ccc(Cl)[nH+]5)CC[C@]4(C)C3CC[C@@]21C. The molecule has 1 aromatic rings. The number of hydrogen-bond donors (Lipinski definition) is 0. The lowest BCUT2D eigenvalue weighted by molar-refractivity contribution is -0.572. The molecule has 0 aromatic carbocycles. The Morgan fingerprint density at radius 1 is 1.06 bits per heavy atom. The zero-order chi connectivity index (χ0) is 24.8. The van der Waals surface area contributed by atoms with E-state index in [0.29, 0.717) is 22.1 Å². The number of allylic oxidation sites excluding steroid dienone is 1. The van der Waals surface area contributed by atoms with Crippen molar-refractivity contribution in [2.75, 3.05) is 0 Å². The van der Waals surface area contributed by atoms with Crippen LogP contribution in [-0.2, 0) is 0 Å². The number of H-pyrrole nitrogens is 2. The van der Waals surface area contributed by atoms with Crippen molar-refractivity contribution in [3.63, 3.8) is 0 Å². The van der Waals surface area contributed by atoms with Crippen molar-refractivity contribution < 1.29 is 14.7 Å². The number of hydrogen-bond acceptors (Lipinski definition) is 0. The van der Waals surface area contributed by atoms with Gasteiger partial charge in [-0.3, -0.25) is 0 Å². The van der Waals surface area contributed by atoms with Crippen molar-refractivity contribution in [3.8, 4) is 6.01 Å². The number of aliphatic hydroxyl groups is 1. The lowest BCUT2D eigenvalue weighted by Gasteiger charge is -2.58. The summed E-state index contributed by atoms with van der Waals surface area (Å²) in [5, 5.41) is 0.636. The molecule has 4 unspecified atom stereocenters. The van der Waals surface area contributed by atoms with E-state index in [1.54, 1.807) is 5.57 Å². The molecular formula is C31H50ClN2O+3. The highest BCUT2D eigenvalue weighted by Crippen LogP contribution is 2.67. The predicted octanol–water partition coefficient (Wildman–Crippen LogP) is 7.62. The molecule has 5 rings (SSSR count). The van der Waals surface area contributed by atoms with Gasteiger partial charge in [-0.15, -0.1) is 0 Å². The van der Waals surface area contributed by atoms with E-state index in [4.69, 9.17) is 16.3 Å². The summed E-state index contributed by atoms with van der Waals surface area (Å²) in [5.74, 6) is 5.39. The first-order chi connectivity index (χ1) is 16.7. The fraction of sp³-hybridized carbons (Fsp3) is 0.806. The van der Waals surface area contributed by atoms with Crippen LogP contribution >= 0.6 is 11.6 Å². The van der Waals surface area contributed by atoms with Crippen molar-refractivity contribution in [2.24, 2.45) is 46.3 Å². The maximum absolute atomic E-state index is 6.15. The summed E-state index contributed by atoms with van der Waals surface area (Å²) in [5.41, 5.74) is 2.67. The van der Waals surface area contributed by atoms with Crippen LogP contribution in [0.1, 0.15) is 105 Å². The summed E-state index contributed by atoms with van der Waals surface area (Å²) in [4.78, 5) is 6.38. The van der Waals surface area contributed by atoms with E-state index >= 15 is 0 Å². The molecule has 3 nitrogen and oxygen atoms in total. The predicted molar refractivity (Wildman–Crippen MR) is 143 cm³/mol. The number of aromatic amines is 2. The molecule has 0 bridgehead atoms. The molecule has 8 atom stereocenters. The van der Waals surface area contributed by atoms with Crippen molar-refractivity contribution in [3.05, 3.63) is 29.1 Å². The molecule has 4 heteroatoms. The van der Waals surface area contributed by atoms with Crippen LogP contribution < -0.4 is 9.97 Å². The van der Waals surface area contributed by atoms with E-state index in [-0.39, 0.29) is 0 Å². The van der Waals surface area contributed by atoms with Crippen molar-refractivity contribution >= 4 is 11.6 Å². The first kappa shape index (κ1) is 25.6. The molecule has 3 fully saturated rings. The Kier molecular flexibility index (Phi) is 7.30. The fourth-order valence-corrected chi connectivity index (χ4v) is 9.57. The molecule has 4 aliphatic carbocycles. The number of nitrogens with one attached hydrogen (secondary N) is 2. The molecule has 0 saturated heterocycles. The number of aromatic nitrogens is 2. The number of rotatable bonds is 7. The van der Waals surface area contributed by atoms with Crippen molar-refractivity contribution in [1.82, 2.24) is 0 Å². The molecule has 3 N–H and O–H groups in total. The van der Waals surface area contributed by atoms with E-state index in [0.717, 1.165) is 47.9 Å². The highest BCUT2D eigenvalue weighted by Gasteiger charge is 2.59. The second-order valence-electron chi connectivity index (χ2n) is 13.6. The Labute approximate surface area is 218 Å². The average Bonchev–Trinajstić information content (AvgIpc) is 3.16. The Morgan fingerprint density at radius 2 is 1.89 bits per heavy atom. The van der Waals surface area contributed by atoms with Gasteiger partial charge in [-0.05, 0) is 96.5 Å². The minimum Gasteiger partial charge on any atom is -0.478 e. The molecule has 1 heterocycles. The third kappa shape index (κ3) is 4.80. The van der Waals surface area contributed by atoms with Gasteiger partial charge in [0.1, 0.15) is 0 Å². The normalized spacial score (nSPS) is 39.4. The zero-order valence-electron chi connectivity index (χ0n) is 22.9. The third-order valence-corrected chi connectivity index (χ3v) is 11.5. The van der Waals surface area contributed by atoms with Gasteiger partial charge in [-0.2, -0.15) is 0 Å². The first-order valence-corrected chi connectivity index (χ1v) is 15.1. The van der Waals surface area contributed by atoms with Crippen LogP contribution in [0.15, 0.2) is 23.9 Å². The molecule has 0 amide bonds. The third-order valence-electron chi connectivity index (χ3n) is 11.3. The van der Waals surface area contributed by atoms with E-state index in [1.165, 1.54) is 64.2 Å². The molecule has 0 aliphatic heterocycles. The minimum atomic E-state index is 0.355. The molecule has 4 aliphatic rings. The standard InChI is InChI=1S/C31H47ClN2O/c1-20(2)7-6-8-21(3)25-11-12-26-24-10-9-22-19-23(35-29-33-18-15-28(32)34-29)13-16-30(22,4)27(24)14-17-31(25,26)5/h9,15,18,20-21,23-27H,6-8,10-14,16-17,19H2,1-5H3/p+3/t21?,23-,24?,25+,26?,27?,30-,31+/m0/s1. The fourth-order valence-electron chi connectivity index (χ4n) is 9.41. The summed E-state index contributed by atoms with van der Waals surface area (Å²) >= 11 is 6.15. The van der Waals surface area contributed by atoms with Crippen LogP contribution in [0.3, 0.4) is 0 Å². The molecule has 3 saturated carbocycles. The van der Waals surface area contributed by atoms with Gasteiger partial charge < -0.3 is 4.74 Å². The summed E-state index contributed by atoms with van der Waals surface area (Å²) in [6.07, 6.45) is 19.9. The Balaban J connectivity index is 1.27. The summed E-state index contributed by atoms with van der Waals surface area (Å²) < 4.78 is 5.00. The Hall–Kier alpha value is -1.09. The van der Waals surface area contributed by atoms with Gasteiger partial charge in [0.25, 0.3) is 5.15 Å². The van der Waals surface area contributed by atoms with E-state index in [1.807, 2.05) is 12.3 Å². The number of ether oxygens (including phenoxy) is 1. The van der Waals surface area contributed by atoms with Crippen LogP contribution in [0, 0.1) is 46.3 Å². The highest BCUT2D eigenvalue weighted by atomic mass is 35.5. The average molecular weight is 502 g/mol. The van der Waals surface area contributed by atoms with Crippen LogP contribution in [0.4, 0.5) is 0 Å². The van der Waals surface area contributed by atoms with Crippen LogP contribution in [0.2, 0.25) is 5.15 Å². The van der Waals surface area contributed by atoms with Gasteiger partial charge in [0, 0.05) is 6.42 Å². The van der Waals surface area contributed by atoms with Gasteiger partial charge in [-0.25, -0.2) is 0 Å². The van der Waals surface area contributed by atoms with Crippen LogP contribution in [0.5, 0.6) is 6.01 Å². The largest absolute Gasteiger partial charge is 0.763 e. The lowest BCUT2D eigenvalue weighted by Crippen LogP contribution is -2.51. The van der Waals surface area contributed by atoms with Gasteiger partial charge >= 0.3 is 6.01 Å². The Morgan fingerprint density at radius 3 is 2.66 bits per heavy atom. The van der Waals surface area contributed by atoms with Crippen LogP contribution in [0.25, 0.3) is 0 Å². The van der Waals surface area contributed by atoms with Gasteiger partial charge in [0.05, 0.1) is 12.5 Å².